The van der Waals surface area contributed by atoms with Gasteiger partial charge < -0.3 is 5.73 Å². The zero-order chi connectivity index (χ0) is 12.5. The van der Waals surface area contributed by atoms with E-state index in [4.69, 9.17) is 5.73 Å². The van der Waals surface area contributed by atoms with Crippen molar-refractivity contribution in [2.24, 2.45) is 11.7 Å². The third-order valence-corrected chi connectivity index (χ3v) is 6.04. The van der Waals surface area contributed by atoms with Gasteiger partial charge in [-0.05, 0) is 31.6 Å². The second-order valence-electron chi connectivity index (χ2n) is 5.90. The summed E-state index contributed by atoms with van der Waals surface area (Å²) >= 11 is 0. The molecule has 2 rings (SSSR count). The molecule has 2 aliphatic rings. The summed E-state index contributed by atoms with van der Waals surface area (Å²) in [6.07, 6.45) is 7.38. The highest BCUT2D eigenvalue weighted by Gasteiger charge is 2.36. The van der Waals surface area contributed by atoms with Crippen LogP contribution >= 0.6 is 0 Å². The second-order valence-corrected chi connectivity index (χ2v) is 7.98. The molecule has 2 aliphatic carbocycles. The van der Waals surface area contributed by atoms with Gasteiger partial charge in [0.2, 0.25) is 10.0 Å². The van der Waals surface area contributed by atoms with E-state index < -0.39 is 15.6 Å². The van der Waals surface area contributed by atoms with E-state index >= 15 is 0 Å². The van der Waals surface area contributed by atoms with Crippen molar-refractivity contribution < 1.29 is 8.42 Å². The van der Waals surface area contributed by atoms with Crippen molar-refractivity contribution in [3.05, 3.63) is 0 Å². The maximum atomic E-state index is 12.2. The molecule has 2 N–H and O–H groups in total. The van der Waals surface area contributed by atoms with E-state index in [2.05, 4.69) is 0 Å². The lowest BCUT2D eigenvalue weighted by molar-refractivity contribution is 0.317. The molecule has 0 saturated heterocycles. The highest BCUT2D eigenvalue weighted by atomic mass is 32.2. The highest BCUT2D eigenvalue weighted by Crippen LogP contribution is 2.31. The van der Waals surface area contributed by atoms with Gasteiger partial charge in [0.05, 0.1) is 5.75 Å². The van der Waals surface area contributed by atoms with Gasteiger partial charge in [-0.25, -0.2) is 12.7 Å². The van der Waals surface area contributed by atoms with Crippen molar-refractivity contribution in [3.8, 4) is 0 Å². The van der Waals surface area contributed by atoms with Gasteiger partial charge in [0.15, 0.2) is 0 Å². The number of nitrogens with two attached hydrogens (primary N) is 1. The third-order valence-electron chi connectivity index (χ3n) is 4.01. The summed E-state index contributed by atoms with van der Waals surface area (Å²) in [7, 11) is -1.47. The minimum Gasteiger partial charge on any atom is -0.324 e. The molecule has 0 spiro atoms. The van der Waals surface area contributed by atoms with Crippen LogP contribution in [0.15, 0.2) is 0 Å². The smallest absolute Gasteiger partial charge is 0.215 e. The predicted octanol–water partition coefficient (Wildman–Crippen LogP) is 1.32. The van der Waals surface area contributed by atoms with Crippen LogP contribution in [0, 0.1) is 5.92 Å². The molecule has 0 bridgehead atoms. The lowest BCUT2D eigenvalue weighted by atomic mass is 9.84. The second kappa shape index (κ2) is 4.86. The Kier molecular flexibility index (Phi) is 3.80. The number of sulfonamides is 1. The van der Waals surface area contributed by atoms with Crippen LogP contribution < -0.4 is 5.73 Å². The first-order chi connectivity index (χ1) is 7.91. The Morgan fingerprint density at radius 3 is 2.35 bits per heavy atom. The number of hydrogen-bond donors (Lipinski definition) is 1. The topological polar surface area (TPSA) is 63.4 Å². The normalized spacial score (nSPS) is 25.1. The van der Waals surface area contributed by atoms with E-state index in [0.29, 0.717) is 12.5 Å². The monoisotopic (exact) mass is 260 g/mol. The van der Waals surface area contributed by atoms with Gasteiger partial charge in [0.25, 0.3) is 0 Å². The maximum absolute atomic E-state index is 12.2. The van der Waals surface area contributed by atoms with E-state index in [1.165, 1.54) is 23.6 Å². The van der Waals surface area contributed by atoms with Crippen molar-refractivity contribution in [2.45, 2.75) is 50.5 Å². The van der Waals surface area contributed by atoms with Crippen LogP contribution in [0.25, 0.3) is 0 Å². The van der Waals surface area contributed by atoms with Crippen molar-refractivity contribution in [1.82, 2.24) is 4.31 Å². The van der Waals surface area contributed by atoms with Crippen LogP contribution in [0.4, 0.5) is 0 Å². The van der Waals surface area contributed by atoms with E-state index in [0.717, 1.165) is 25.7 Å². The van der Waals surface area contributed by atoms with Crippen LogP contribution in [0.1, 0.15) is 44.9 Å². The molecule has 4 nitrogen and oxygen atoms in total. The number of rotatable bonds is 5. The summed E-state index contributed by atoms with van der Waals surface area (Å²) in [5.41, 5.74) is 5.75. The summed E-state index contributed by atoms with van der Waals surface area (Å²) < 4.78 is 25.9. The first-order valence-corrected chi connectivity index (χ1v) is 8.25. The van der Waals surface area contributed by atoms with Gasteiger partial charge in [0, 0.05) is 19.1 Å². The highest BCUT2D eigenvalue weighted by molar-refractivity contribution is 7.89. The fourth-order valence-electron chi connectivity index (χ4n) is 2.65. The molecule has 17 heavy (non-hydrogen) atoms. The molecule has 0 radical (unpaired) electrons. The minimum atomic E-state index is -3.17. The summed E-state index contributed by atoms with van der Waals surface area (Å²) in [5.74, 6) is 0.721. The molecule has 5 heteroatoms. The largest absolute Gasteiger partial charge is 0.324 e. The van der Waals surface area contributed by atoms with Gasteiger partial charge in [0.1, 0.15) is 0 Å². The van der Waals surface area contributed by atoms with E-state index in [-0.39, 0.29) is 5.75 Å². The lowest BCUT2D eigenvalue weighted by Gasteiger charge is -2.34. The quantitative estimate of drug-likeness (QED) is 0.811. The Bertz CT molecular complexity index is 357. The molecule has 0 amide bonds. The van der Waals surface area contributed by atoms with Crippen LogP contribution in [0.5, 0.6) is 0 Å². The van der Waals surface area contributed by atoms with Gasteiger partial charge in [-0.1, -0.05) is 19.3 Å². The standard InChI is InChI=1S/C12H24N2O2S/c1-14(9-11-5-6-11)17(15,16)10-12(13)7-3-2-4-8-12/h11H,2-10,13H2,1H3. The Hall–Kier alpha value is -0.130. The van der Waals surface area contributed by atoms with E-state index in [9.17, 15) is 8.42 Å². The molecule has 0 aromatic rings. The van der Waals surface area contributed by atoms with Crippen molar-refractivity contribution in [2.75, 3.05) is 19.3 Å². The molecule has 0 aromatic heterocycles. The van der Waals surface area contributed by atoms with Crippen molar-refractivity contribution in [3.63, 3.8) is 0 Å². The molecule has 0 unspecified atom stereocenters. The average Bonchev–Trinajstić information content (AvgIpc) is 3.01. The molecular weight excluding hydrogens is 236 g/mol. The Morgan fingerprint density at radius 2 is 1.82 bits per heavy atom. The Morgan fingerprint density at radius 1 is 1.24 bits per heavy atom. The minimum absolute atomic E-state index is 0.128. The maximum Gasteiger partial charge on any atom is 0.215 e. The number of nitrogens with zero attached hydrogens (tertiary/aromatic N) is 1. The van der Waals surface area contributed by atoms with E-state index in [1.54, 1.807) is 7.05 Å². The van der Waals surface area contributed by atoms with Crippen LogP contribution in [-0.2, 0) is 10.0 Å². The van der Waals surface area contributed by atoms with Gasteiger partial charge in [-0.2, -0.15) is 0 Å². The lowest BCUT2D eigenvalue weighted by Crippen LogP contribution is -2.50. The summed E-state index contributed by atoms with van der Waals surface area (Å²) in [5, 5.41) is 0. The molecule has 0 aromatic carbocycles. The summed E-state index contributed by atoms with van der Waals surface area (Å²) in [6.45, 7) is 0.679. The van der Waals surface area contributed by atoms with Crippen LogP contribution in [-0.4, -0.2) is 37.6 Å². The van der Waals surface area contributed by atoms with Crippen LogP contribution in [0.2, 0.25) is 0 Å². The van der Waals surface area contributed by atoms with Gasteiger partial charge in [-0.15, -0.1) is 0 Å². The fourth-order valence-corrected chi connectivity index (χ4v) is 4.32. The third kappa shape index (κ3) is 3.66. The fraction of sp³-hybridized carbons (Fsp3) is 1.00. The summed E-state index contributed by atoms with van der Waals surface area (Å²) in [4.78, 5) is 0. The zero-order valence-corrected chi connectivity index (χ0v) is 11.5. The average molecular weight is 260 g/mol. The Labute approximate surface area is 105 Å². The van der Waals surface area contributed by atoms with Crippen molar-refractivity contribution in [1.29, 1.82) is 0 Å². The first-order valence-electron chi connectivity index (χ1n) is 6.64. The zero-order valence-electron chi connectivity index (χ0n) is 10.7. The van der Waals surface area contributed by atoms with Gasteiger partial charge >= 0.3 is 0 Å². The molecule has 0 heterocycles. The molecule has 0 aliphatic heterocycles. The predicted molar refractivity (Wildman–Crippen MR) is 69.1 cm³/mol. The molecule has 0 atom stereocenters. The molecule has 2 saturated carbocycles. The SMILES string of the molecule is CN(CC1CC1)S(=O)(=O)CC1(N)CCCCC1. The Balaban J connectivity index is 1.94. The van der Waals surface area contributed by atoms with E-state index in [1.807, 2.05) is 0 Å². The summed E-state index contributed by atoms with van der Waals surface area (Å²) in [6, 6.07) is 0. The van der Waals surface area contributed by atoms with Gasteiger partial charge in [-0.3, -0.25) is 0 Å². The molecule has 100 valence electrons. The molecular formula is C12H24N2O2S. The first kappa shape index (κ1) is 13.3. The molecule has 2 fully saturated rings. The van der Waals surface area contributed by atoms with Crippen LogP contribution in [0.3, 0.4) is 0 Å². The number of hydrogen-bond acceptors (Lipinski definition) is 3. The van der Waals surface area contributed by atoms with Crippen molar-refractivity contribution >= 4 is 10.0 Å².